The second-order valence-electron chi connectivity index (χ2n) is 4.56. The zero-order valence-corrected chi connectivity index (χ0v) is 10.2. The number of amides is 1. The molecule has 0 bridgehead atoms. The van der Waals surface area contributed by atoms with Gasteiger partial charge in [-0.05, 0) is 32.9 Å². The minimum Gasteiger partial charge on any atom is -0.268 e. The molecule has 0 unspecified atom stereocenters. The van der Waals surface area contributed by atoms with E-state index in [1.807, 2.05) is 0 Å². The third-order valence-electron chi connectivity index (χ3n) is 1.85. The number of benzene rings is 1. The van der Waals surface area contributed by atoms with Crippen molar-refractivity contribution in [1.29, 1.82) is 0 Å². The molecule has 1 aromatic rings. The minimum atomic E-state index is -0.865. The number of carbonyl (C=O) groups excluding carboxylic acids is 1. The van der Waals surface area contributed by atoms with Gasteiger partial charge in [0, 0.05) is 6.07 Å². The predicted octanol–water partition coefficient (Wildman–Crippen LogP) is 2.19. The van der Waals surface area contributed by atoms with Crippen LogP contribution >= 0.6 is 0 Å². The van der Waals surface area contributed by atoms with Gasteiger partial charge in [0.1, 0.15) is 11.4 Å². The van der Waals surface area contributed by atoms with Crippen LogP contribution in [-0.2, 0) is 4.84 Å². The monoisotopic (exact) mass is 256 g/mol. The number of nitro groups is 1. The average molecular weight is 256 g/mol. The fourth-order valence-corrected chi connectivity index (χ4v) is 1.10. The highest BCUT2D eigenvalue weighted by molar-refractivity contribution is 5.97. The molecular weight excluding hydrogens is 243 g/mol. The zero-order valence-electron chi connectivity index (χ0n) is 10.2. The Balaban J connectivity index is 2.97. The first-order chi connectivity index (χ1) is 8.20. The van der Waals surface area contributed by atoms with E-state index in [4.69, 9.17) is 4.84 Å². The number of hydrogen-bond donors (Lipinski definition) is 1. The molecular formula is C11H13FN2O4. The number of halogens is 1. The maximum atomic E-state index is 13.0. The van der Waals surface area contributed by atoms with E-state index in [1.54, 1.807) is 20.8 Å². The van der Waals surface area contributed by atoms with E-state index in [-0.39, 0.29) is 5.56 Å². The van der Waals surface area contributed by atoms with E-state index in [0.717, 1.165) is 18.2 Å². The second kappa shape index (κ2) is 5.09. The first-order valence-electron chi connectivity index (χ1n) is 5.13. The Bertz CT molecular complexity index is 482. The van der Waals surface area contributed by atoms with E-state index in [2.05, 4.69) is 5.48 Å². The maximum Gasteiger partial charge on any atom is 0.282 e. The summed E-state index contributed by atoms with van der Waals surface area (Å²) in [7, 11) is 0. The van der Waals surface area contributed by atoms with Crippen LogP contribution < -0.4 is 5.48 Å². The summed E-state index contributed by atoms with van der Waals surface area (Å²) in [5.74, 6) is -1.60. The molecule has 0 atom stereocenters. The van der Waals surface area contributed by atoms with Crippen molar-refractivity contribution in [3.63, 3.8) is 0 Å². The number of hydrogen-bond acceptors (Lipinski definition) is 4. The lowest BCUT2D eigenvalue weighted by atomic mass is 10.1. The Morgan fingerprint density at radius 2 is 2.06 bits per heavy atom. The number of nitrogens with zero attached hydrogens (tertiary/aromatic N) is 1. The summed E-state index contributed by atoms with van der Waals surface area (Å²) in [6, 6.07) is 2.64. The summed E-state index contributed by atoms with van der Waals surface area (Å²) in [5, 5.41) is 10.7. The number of carbonyl (C=O) groups is 1. The van der Waals surface area contributed by atoms with Crippen LogP contribution in [0.2, 0.25) is 0 Å². The Hall–Kier alpha value is -2.02. The smallest absolute Gasteiger partial charge is 0.268 e. The summed E-state index contributed by atoms with van der Waals surface area (Å²) in [5.41, 5.74) is 0.531. The second-order valence-corrected chi connectivity index (χ2v) is 4.56. The third-order valence-corrected chi connectivity index (χ3v) is 1.85. The highest BCUT2D eigenvalue weighted by Crippen LogP contribution is 2.19. The fraction of sp³-hybridized carbons (Fsp3) is 0.364. The van der Waals surface area contributed by atoms with Crippen molar-refractivity contribution in [2.45, 2.75) is 26.4 Å². The predicted molar refractivity (Wildman–Crippen MR) is 61.4 cm³/mol. The van der Waals surface area contributed by atoms with Gasteiger partial charge in [-0.15, -0.1) is 0 Å². The van der Waals surface area contributed by atoms with Gasteiger partial charge in [0.15, 0.2) is 0 Å². The van der Waals surface area contributed by atoms with Gasteiger partial charge in [-0.1, -0.05) is 0 Å². The molecule has 6 nitrogen and oxygen atoms in total. The topological polar surface area (TPSA) is 81.5 Å². The van der Waals surface area contributed by atoms with Gasteiger partial charge in [0.2, 0.25) is 0 Å². The summed E-state index contributed by atoms with van der Waals surface area (Å²) in [4.78, 5) is 26.6. The van der Waals surface area contributed by atoms with Crippen LogP contribution in [0.25, 0.3) is 0 Å². The normalized spacial score (nSPS) is 11.1. The molecule has 0 heterocycles. The first kappa shape index (κ1) is 14.0. The maximum absolute atomic E-state index is 13.0. The van der Waals surface area contributed by atoms with Crippen molar-refractivity contribution < 1.29 is 18.9 Å². The molecule has 7 heteroatoms. The molecule has 0 aliphatic rings. The largest absolute Gasteiger partial charge is 0.282 e. The van der Waals surface area contributed by atoms with Crippen LogP contribution in [0.4, 0.5) is 10.1 Å². The van der Waals surface area contributed by atoms with Gasteiger partial charge in [0.05, 0.1) is 10.5 Å². The SMILES string of the molecule is CC(C)(C)ONC(=O)c1cc(F)ccc1[N+](=O)[O-]. The van der Waals surface area contributed by atoms with Crippen molar-refractivity contribution >= 4 is 11.6 Å². The van der Waals surface area contributed by atoms with E-state index >= 15 is 0 Å². The standard InChI is InChI=1S/C11H13FN2O4/c1-11(2,3)18-13-10(15)8-6-7(12)4-5-9(8)14(16)17/h4-6H,1-3H3,(H,13,15). The van der Waals surface area contributed by atoms with E-state index < -0.39 is 27.9 Å². The van der Waals surface area contributed by atoms with Crippen molar-refractivity contribution in [2.24, 2.45) is 0 Å². The Kier molecular flexibility index (Phi) is 3.97. The molecule has 0 fully saturated rings. The summed E-state index contributed by atoms with van der Waals surface area (Å²) in [6.07, 6.45) is 0. The number of nitro benzene ring substituents is 1. The molecule has 0 saturated heterocycles. The Morgan fingerprint density at radius 1 is 1.44 bits per heavy atom. The molecule has 0 saturated carbocycles. The van der Waals surface area contributed by atoms with Crippen molar-refractivity contribution in [1.82, 2.24) is 5.48 Å². The zero-order chi connectivity index (χ0) is 13.9. The van der Waals surface area contributed by atoms with Gasteiger partial charge < -0.3 is 0 Å². The summed E-state index contributed by atoms with van der Waals surface area (Å²) >= 11 is 0. The minimum absolute atomic E-state index is 0.385. The van der Waals surface area contributed by atoms with Gasteiger partial charge >= 0.3 is 0 Å². The Morgan fingerprint density at radius 3 is 2.56 bits per heavy atom. The molecule has 98 valence electrons. The molecule has 1 N–H and O–H groups in total. The van der Waals surface area contributed by atoms with Crippen molar-refractivity contribution in [3.05, 3.63) is 39.7 Å². The van der Waals surface area contributed by atoms with Crippen LogP contribution in [0, 0.1) is 15.9 Å². The summed E-state index contributed by atoms with van der Waals surface area (Å²) in [6.45, 7) is 5.06. The van der Waals surface area contributed by atoms with Crippen LogP contribution in [0.1, 0.15) is 31.1 Å². The Labute approximate surface area is 103 Å². The molecule has 0 aromatic heterocycles. The summed E-state index contributed by atoms with van der Waals surface area (Å²) < 4.78 is 13.0. The average Bonchev–Trinajstić information content (AvgIpc) is 2.24. The van der Waals surface area contributed by atoms with E-state index in [1.165, 1.54) is 0 Å². The fourth-order valence-electron chi connectivity index (χ4n) is 1.10. The van der Waals surface area contributed by atoms with Gasteiger partial charge in [-0.2, -0.15) is 0 Å². The molecule has 0 aliphatic carbocycles. The molecule has 0 aliphatic heterocycles. The van der Waals surface area contributed by atoms with E-state index in [0.29, 0.717) is 0 Å². The third kappa shape index (κ3) is 3.77. The van der Waals surface area contributed by atoms with Crippen molar-refractivity contribution in [3.8, 4) is 0 Å². The molecule has 1 amide bonds. The van der Waals surface area contributed by atoms with E-state index in [9.17, 15) is 19.3 Å². The molecule has 1 rings (SSSR count). The molecule has 0 radical (unpaired) electrons. The lowest BCUT2D eigenvalue weighted by Gasteiger charge is -2.18. The lowest BCUT2D eigenvalue weighted by molar-refractivity contribution is -0.385. The van der Waals surface area contributed by atoms with Gasteiger partial charge in [-0.3, -0.25) is 19.7 Å². The number of rotatable bonds is 3. The number of hydroxylamine groups is 1. The molecule has 18 heavy (non-hydrogen) atoms. The van der Waals surface area contributed by atoms with Crippen LogP contribution in [0.5, 0.6) is 0 Å². The van der Waals surface area contributed by atoms with Crippen LogP contribution in [-0.4, -0.2) is 16.4 Å². The highest BCUT2D eigenvalue weighted by Gasteiger charge is 2.22. The highest BCUT2D eigenvalue weighted by atomic mass is 19.1. The van der Waals surface area contributed by atoms with Crippen LogP contribution in [0.15, 0.2) is 18.2 Å². The van der Waals surface area contributed by atoms with Crippen LogP contribution in [0.3, 0.4) is 0 Å². The lowest BCUT2D eigenvalue weighted by Crippen LogP contribution is -2.33. The molecule has 0 spiro atoms. The van der Waals surface area contributed by atoms with Gasteiger partial charge in [-0.25, -0.2) is 9.87 Å². The molecule has 1 aromatic carbocycles. The first-order valence-corrected chi connectivity index (χ1v) is 5.13. The number of nitrogens with one attached hydrogen (secondary N) is 1. The van der Waals surface area contributed by atoms with Gasteiger partial charge in [0.25, 0.3) is 11.6 Å². The van der Waals surface area contributed by atoms with Crippen molar-refractivity contribution in [2.75, 3.05) is 0 Å². The quantitative estimate of drug-likeness (QED) is 0.663.